The molecule has 0 aliphatic heterocycles. The molecule has 3 aromatic carbocycles. The van der Waals surface area contributed by atoms with Gasteiger partial charge in [0.05, 0.1) is 0 Å². The van der Waals surface area contributed by atoms with Gasteiger partial charge in [-0.15, -0.1) is 0 Å². The van der Waals surface area contributed by atoms with E-state index in [4.69, 9.17) is 0 Å². The monoisotopic (exact) mass is 305 g/mol. The minimum absolute atomic E-state index is 0.561. The van der Waals surface area contributed by atoms with E-state index in [1.807, 2.05) is 30.3 Å². The van der Waals surface area contributed by atoms with Crippen LogP contribution in [0.2, 0.25) is 0 Å². The van der Waals surface area contributed by atoms with Gasteiger partial charge < -0.3 is 14.9 Å². The first-order chi connectivity index (χ1) is 11.2. The molecule has 0 saturated heterocycles. The molecule has 0 unspecified atom stereocenters. The number of rotatable bonds is 5. The van der Waals surface area contributed by atoms with Crippen LogP contribution in [-0.4, -0.2) is 23.7 Å². The second kappa shape index (κ2) is 6.86. The molecule has 3 rings (SSSR count). The van der Waals surface area contributed by atoms with E-state index in [0.717, 1.165) is 17.8 Å². The number of nitrogens with zero attached hydrogens (tertiary/aromatic N) is 1. The second-order valence-electron chi connectivity index (χ2n) is 5.58. The van der Waals surface area contributed by atoms with Crippen LogP contribution in [0.25, 0.3) is 10.8 Å². The van der Waals surface area contributed by atoms with Crippen molar-refractivity contribution in [3.05, 3.63) is 72.3 Å². The molecule has 0 aliphatic rings. The fourth-order valence-corrected chi connectivity index (χ4v) is 2.99. The smallest absolute Gasteiger partial charge is 0.423 e. The van der Waals surface area contributed by atoms with Crippen molar-refractivity contribution < 1.29 is 10.0 Å². The average molecular weight is 305 g/mol. The van der Waals surface area contributed by atoms with Gasteiger partial charge in [-0.25, -0.2) is 0 Å². The van der Waals surface area contributed by atoms with Crippen LogP contribution in [0.15, 0.2) is 66.7 Å². The Morgan fingerprint density at radius 3 is 2.35 bits per heavy atom. The van der Waals surface area contributed by atoms with Crippen LogP contribution in [0.4, 0.5) is 5.69 Å². The lowest BCUT2D eigenvalue weighted by atomic mass is 9.77. The first-order valence-corrected chi connectivity index (χ1v) is 7.87. The molecule has 0 radical (unpaired) electrons. The summed E-state index contributed by atoms with van der Waals surface area (Å²) >= 11 is 0. The van der Waals surface area contributed by atoms with Crippen molar-refractivity contribution in [3.63, 3.8) is 0 Å². The minimum Gasteiger partial charge on any atom is -0.423 e. The van der Waals surface area contributed by atoms with Gasteiger partial charge in [-0.2, -0.15) is 0 Å². The van der Waals surface area contributed by atoms with Gasteiger partial charge in [0.25, 0.3) is 0 Å². The first-order valence-electron chi connectivity index (χ1n) is 7.87. The quantitative estimate of drug-likeness (QED) is 0.712. The minimum atomic E-state index is -1.45. The summed E-state index contributed by atoms with van der Waals surface area (Å²) in [7, 11) is -1.45. The molecule has 3 nitrogen and oxygen atoms in total. The first kappa shape index (κ1) is 15.6. The Morgan fingerprint density at radius 1 is 0.870 bits per heavy atom. The molecule has 0 spiro atoms. The lowest BCUT2D eigenvalue weighted by Gasteiger charge is -2.26. The standard InChI is InChI=1S/C19H20BNO2/c1-2-21(14-16-9-4-6-12-18(16)20(22)23)19-13-7-10-15-8-3-5-11-17(15)19/h3-13,22-23H,2,14H2,1H3. The average Bonchev–Trinajstić information content (AvgIpc) is 2.59. The van der Waals surface area contributed by atoms with Gasteiger partial charge in [0.1, 0.15) is 0 Å². The van der Waals surface area contributed by atoms with E-state index in [9.17, 15) is 10.0 Å². The Bertz CT molecular complexity index is 799. The van der Waals surface area contributed by atoms with Gasteiger partial charge in [-0.1, -0.05) is 60.7 Å². The van der Waals surface area contributed by atoms with Crippen molar-refractivity contribution in [2.24, 2.45) is 0 Å². The molecule has 23 heavy (non-hydrogen) atoms. The maximum absolute atomic E-state index is 9.57. The Morgan fingerprint density at radius 2 is 1.57 bits per heavy atom. The summed E-state index contributed by atoms with van der Waals surface area (Å²) in [5, 5.41) is 21.6. The Hall–Kier alpha value is -2.30. The van der Waals surface area contributed by atoms with Crippen LogP contribution in [0.3, 0.4) is 0 Å². The zero-order chi connectivity index (χ0) is 16.2. The third-order valence-corrected chi connectivity index (χ3v) is 4.18. The van der Waals surface area contributed by atoms with Gasteiger partial charge in [0.15, 0.2) is 0 Å². The van der Waals surface area contributed by atoms with Crippen LogP contribution < -0.4 is 10.4 Å². The van der Waals surface area contributed by atoms with Crippen molar-refractivity contribution in [2.45, 2.75) is 13.5 Å². The molecule has 0 heterocycles. The van der Waals surface area contributed by atoms with E-state index in [2.05, 4.69) is 42.2 Å². The molecule has 0 bridgehead atoms. The Kier molecular flexibility index (Phi) is 4.65. The van der Waals surface area contributed by atoms with Gasteiger partial charge in [0.2, 0.25) is 0 Å². The molecule has 0 saturated carbocycles. The van der Waals surface area contributed by atoms with Crippen molar-refractivity contribution in [2.75, 3.05) is 11.4 Å². The highest BCUT2D eigenvalue weighted by atomic mass is 16.4. The van der Waals surface area contributed by atoms with E-state index in [-0.39, 0.29) is 0 Å². The van der Waals surface area contributed by atoms with Crippen LogP contribution in [0.1, 0.15) is 12.5 Å². The van der Waals surface area contributed by atoms with Gasteiger partial charge in [-0.3, -0.25) is 0 Å². The van der Waals surface area contributed by atoms with Crippen LogP contribution >= 0.6 is 0 Å². The van der Waals surface area contributed by atoms with Gasteiger partial charge >= 0.3 is 7.12 Å². The van der Waals surface area contributed by atoms with E-state index in [1.165, 1.54) is 10.8 Å². The molecule has 3 aromatic rings. The van der Waals surface area contributed by atoms with E-state index >= 15 is 0 Å². The number of anilines is 1. The number of benzene rings is 3. The molecular weight excluding hydrogens is 285 g/mol. The van der Waals surface area contributed by atoms with Crippen molar-refractivity contribution in [1.82, 2.24) is 0 Å². The second-order valence-corrected chi connectivity index (χ2v) is 5.58. The lowest BCUT2D eigenvalue weighted by Crippen LogP contribution is -2.35. The van der Waals surface area contributed by atoms with Gasteiger partial charge in [-0.05, 0) is 29.4 Å². The van der Waals surface area contributed by atoms with Crippen LogP contribution in [0.5, 0.6) is 0 Å². The summed E-state index contributed by atoms with van der Waals surface area (Å²) in [5.74, 6) is 0. The summed E-state index contributed by atoms with van der Waals surface area (Å²) in [6.07, 6.45) is 0. The maximum Gasteiger partial charge on any atom is 0.488 e. The fourth-order valence-electron chi connectivity index (χ4n) is 2.99. The molecule has 0 amide bonds. The predicted octanol–water partition coefficient (Wildman–Crippen LogP) is 2.55. The Labute approximate surface area is 137 Å². The molecule has 0 atom stereocenters. The predicted molar refractivity (Wildman–Crippen MR) is 96.9 cm³/mol. The van der Waals surface area contributed by atoms with Crippen molar-refractivity contribution >= 4 is 29.0 Å². The van der Waals surface area contributed by atoms with Crippen LogP contribution in [0, 0.1) is 0 Å². The topological polar surface area (TPSA) is 43.7 Å². The molecule has 2 N–H and O–H groups in total. The lowest BCUT2D eigenvalue weighted by molar-refractivity contribution is 0.425. The molecule has 0 fully saturated rings. The SMILES string of the molecule is CCN(Cc1ccccc1B(O)O)c1cccc2ccccc12. The van der Waals surface area contributed by atoms with E-state index in [0.29, 0.717) is 12.0 Å². The number of hydrogen-bond acceptors (Lipinski definition) is 3. The Balaban J connectivity index is 2.00. The largest absolute Gasteiger partial charge is 0.488 e. The normalized spacial score (nSPS) is 10.7. The number of fused-ring (bicyclic) bond motifs is 1. The van der Waals surface area contributed by atoms with Gasteiger partial charge in [0, 0.05) is 24.2 Å². The maximum atomic E-state index is 9.57. The third kappa shape index (κ3) is 3.23. The highest BCUT2D eigenvalue weighted by Gasteiger charge is 2.17. The highest BCUT2D eigenvalue weighted by molar-refractivity contribution is 6.59. The molecule has 0 aliphatic carbocycles. The van der Waals surface area contributed by atoms with E-state index < -0.39 is 7.12 Å². The molecule has 4 heteroatoms. The molecule has 116 valence electrons. The number of hydrogen-bond donors (Lipinski definition) is 2. The summed E-state index contributed by atoms with van der Waals surface area (Å²) in [6.45, 7) is 3.59. The zero-order valence-electron chi connectivity index (χ0n) is 13.2. The van der Waals surface area contributed by atoms with Crippen molar-refractivity contribution in [1.29, 1.82) is 0 Å². The van der Waals surface area contributed by atoms with Crippen LogP contribution in [-0.2, 0) is 6.54 Å². The highest BCUT2D eigenvalue weighted by Crippen LogP contribution is 2.27. The van der Waals surface area contributed by atoms with E-state index in [1.54, 1.807) is 6.07 Å². The zero-order valence-corrected chi connectivity index (χ0v) is 13.2. The third-order valence-electron chi connectivity index (χ3n) is 4.18. The van der Waals surface area contributed by atoms with Crippen molar-refractivity contribution in [3.8, 4) is 0 Å². The summed E-state index contributed by atoms with van der Waals surface area (Å²) in [5.41, 5.74) is 2.65. The molecular formula is C19H20BNO2. The summed E-state index contributed by atoms with van der Waals surface area (Å²) in [6, 6.07) is 22.1. The summed E-state index contributed by atoms with van der Waals surface area (Å²) in [4.78, 5) is 2.25. The summed E-state index contributed by atoms with van der Waals surface area (Å²) < 4.78 is 0. The molecule has 0 aromatic heterocycles. The fraction of sp³-hybridized carbons (Fsp3) is 0.158.